The molecule has 0 spiro atoms. The van der Waals surface area contributed by atoms with Gasteiger partial charge in [0.15, 0.2) is 5.11 Å². The molecule has 2 N–H and O–H groups in total. The third kappa shape index (κ3) is 5.08. The highest BCUT2D eigenvalue weighted by molar-refractivity contribution is 7.80. The maximum absolute atomic E-state index is 12.8. The lowest BCUT2D eigenvalue weighted by Gasteiger charge is -2.22. The Morgan fingerprint density at radius 2 is 2.04 bits per heavy atom. The molecule has 0 bridgehead atoms. The number of carbonyl (C=O) groups excluding carboxylic acids is 1. The SMILES string of the molecule is COCCNC(=O)[C@@H]1CN(C(=S)NC(C)C)C[C@H]1c1ccccc1OC. The number of rotatable bonds is 7. The van der Waals surface area contributed by atoms with Crippen molar-refractivity contribution in [3.05, 3.63) is 29.8 Å². The number of para-hydroxylation sites is 1. The molecule has 1 fully saturated rings. The first-order valence-electron chi connectivity index (χ1n) is 8.93. The van der Waals surface area contributed by atoms with E-state index in [2.05, 4.69) is 29.4 Å². The van der Waals surface area contributed by atoms with Crippen LogP contribution in [0.2, 0.25) is 0 Å². The molecule has 26 heavy (non-hydrogen) atoms. The molecule has 1 saturated heterocycles. The Hall–Kier alpha value is -1.86. The lowest BCUT2D eigenvalue weighted by molar-refractivity contribution is -0.125. The highest BCUT2D eigenvalue weighted by Gasteiger charge is 2.40. The Morgan fingerprint density at radius 3 is 2.69 bits per heavy atom. The summed E-state index contributed by atoms with van der Waals surface area (Å²) in [6.07, 6.45) is 0. The van der Waals surface area contributed by atoms with E-state index in [4.69, 9.17) is 21.7 Å². The quantitative estimate of drug-likeness (QED) is 0.556. The molecular formula is C19H29N3O3S. The van der Waals surface area contributed by atoms with Crippen molar-refractivity contribution in [2.75, 3.05) is 40.5 Å². The maximum Gasteiger partial charge on any atom is 0.225 e. The molecule has 1 aliphatic rings. The monoisotopic (exact) mass is 379 g/mol. The molecule has 1 heterocycles. The molecule has 7 heteroatoms. The van der Waals surface area contributed by atoms with E-state index in [9.17, 15) is 4.79 Å². The van der Waals surface area contributed by atoms with Gasteiger partial charge in [0.1, 0.15) is 5.75 Å². The summed E-state index contributed by atoms with van der Waals surface area (Å²) in [5.41, 5.74) is 1.04. The standard InChI is InChI=1S/C19H29N3O3S/c1-13(2)21-19(26)22-11-15(14-7-5-6-8-17(14)25-4)16(12-22)18(23)20-9-10-24-3/h5-8,13,15-16H,9-12H2,1-4H3,(H,20,23)(H,21,26)/t15-,16+/m0/s1. The normalized spacial score (nSPS) is 19.5. The number of thiocarbonyl (C=S) groups is 1. The number of amides is 1. The fourth-order valence-corrected chi connectivity index (χ4v) is 3.65. The predicted molar refractivity (Wildman–Crippen MR) is 107 cm³/mol. The van der Waals surface area contributed by atoms with Gasteiger partial charge in [0.2, 0.25) is 5.91 Å². The van der Waals surface area contributed by atoms with E-state index in [-0.39, 0.29) is 23.8 Å². The topological polar surface area (TPSA) is 62.8 Å². The van der Waals surface area contributed by atoms with Crippen molar-refractivity contribution < 1.29 is 14.3 Å². The number of likely N-dealkylation sites (tertiary alicyclic amines) is 1. The molecule has 0 aliphatic carbocycles. The molecule has 6 nitrogen and oxygen atoms in total. The minimum absolute atomic E-state index is 0.0145. The Labute approximate surface area is 161 Å². The molecule has 2 rings (SSSR count). The van der Waals surface area contributed by atoms with Gasteiger partial charge in [-0.05, 0) is 37.7 Å². The summed E-state index contributed by atoms with van der Waals surface area (Å²) >= 11 is 5.53. The molecule has 0 radical (unpaired) electrons. The maximum atomic E-state index is 12.8. The van der Waals surface area contributed by atoms with Crippen LogP contribution in [-0.2, 0) is 9.53 Å². The largest absolute Gasteiger partial charge is 0.496 e. The number of ether oxygens (including phenoxy) is 2. The zero-order chi connectivity index (χ0) is 19.1. The number of methoxy groups -OCH3 is 2. The van der Waals surface area contributed by atoms with Crippen LogP contribution in [0, 0.1) is 5.92 Å². The van der Waals surface area contributed by atoms with Gasteiger partial charge in [-0.15, -0.1) is 0 Å². The number of benzene rings is 1. The van der Waals surface area contributed by atoms with Gasteiger partial charge in [-0.3, -0.25) is 4.79 Å². The summed E-state index contributed by atoms with van der Waals surface area (Å²) in [7, 11) is 3.28. The van der Waals surface area contributed by atoms with Crippen LogP contribution in [-0.4, -0.2) is 62.4 Å². The minimum atomic E-state index is -0.199. The second kappa shape index (κ2) is 9.73. The summed E-state index contributed by atoms with van der Waals surface area (Å²) < 4.78 is 10.6. The molecule has 2 atom stereocenters. The van der Waals surface area contributed by atoms with Crippen LogP contribution in [0.4, 0.5) is 0 Å². The molecule has 0 saturated carbocycles. The van der Waals surface area contributed by atoms with E-state index in [1.807, 2.05) is 24.3 Å². The van der Waals surface area contributed by atoms with Crippen LogP contribution >= 0.6 is 12.2 Å². The van der Waals surface area contributed by atoms with E-state index in [1.54, 1.807) is 14.2 Å². The van der Waals surface area contributed by atoms with Gasteiger partial charge in [-0.2, -0.15) is 0 Å². The first kappa shape index (κ1) is 20.5. The van der Waals surface area contributed by atoms with Gasteiger partial charge in [0, 0.05) is 38.7 Å². The Bertz CT molecular complexity index is 624. The molecule has 144 valence electrons. The summed E-state index contributed by atoms with van der Waals surface area (Å²) in [5, 5.41) is 6.93. The lowest BCUT2D eigenvalue weighted by Crippen LogP contribution is -2.42. The lowest BCUT2D eigenvalue weighted by atomic mass is 9.87. The predicted octanol–water partition coefficient (Wildman–Crippen LogP) is 1.76. The molecule has 1 aromatic carbocycles. The molecule has 0 aromatic heterocycles. The van der Waals surface area contributed by atoms with Crippen molar-refractivity contribution in [2.24, 2.45) is 5.92 Å². The van der Waals surface area contributed by atoms with E-state index >= 15 is 0 Å². The zero-order valence-corrected chi connectivity index (χ0v) is 16.8. The van der Waals surface area contributed by atoms with Crippen LogP contribution in [0.1, 0.15) is 25.3 Å². The van der Waals surface area contributed by atoms with Gasteiger partial charge >= 0.3 is 0 Å². The van der Waals surface area contributed by atoms with Crippen molar-refractivity contribution in [1.29, 1.82) is 0 Å². The Morgan fingerprint density at radius 1 is 1.31 bits per heavy atom. The summed E-state index contributed by atoms with van der Waals surface area (Å²) in [6.45, 7) is 6.36. The Kier molecular flexibility index (Phi) is 7.66. The van der Waals surface area contributed by atoms with Crippen molar-refractivity contribution in [3.8, 4) is 5.75 Å². The first-order chi connectivity index (χ1) is 12.5. The minimum Gasteiger partial charge on any atom is -0.496 e. The second-order valence-electron chi connectivity index (χ2n) is 6.75. The average Bonchev–Trinajstić information content (AvgIpc) is 3.06. The van der Waals surface area contributed by atoms with Crippen molar-refractivity contribution in [1.82, 2.24) is 15.5 Å². The summed E-state index contributed by atoms with van der Waals surface area (Å²) in [4.78, 5) is 14.9. The van der Waals surface area contributed by atoms with Crippen LogP contribution in [0.5, 0.6) is 5.75 Å². The van der Waals surface area contributed by atoms with Gasteiger partial charge in [0.25, 0.3) is 0 Å². The van der Waals surface area contributed by atoms with Gasteiger partial charge in [-0.1, -0.05) is 18.2 Å². The molecule has 1 amide bonds. The van der Waals surface area contributed by atoms with Crippen molar-refractivity contribution >= 4 is 23.2 Å². The molecule has 1 aromatic rings. The highest BCUT2D eigenvalue weighted by Crippen LogP contribution is 2.37. The zero-order valence-electron chi connectivity index (χ0n) is 16.0. The van der Waals surface area contributed by atoms with Crippen LogP contribution in [0.15, 0.2) is 24.3 Å². The van der Waals surface area contributed by atoms with Crippen LogP contribution < -0.4 is 15.4 Å². The van der Waals surface area contributed by atoms with E-state index in [1.165, 1.54) is 0 Å². The highest BCUT2D eigenvalue weighted by atomic mass is 32.1. The molecule has 0 unspecified atom stereocenters. The Balaban J connectivity index is 2.22. The van der Waals surface area contributed by atoms with Gasteiger partial charge in [0.05, 0.1) is 19.6 Å². The van der Waals surface area contributed by atoms with Crippen LogP contribution in [0.3, 0.4) is 0 Å². The van der Waals surface area contributed by atoms with Gasteiger partial charge in [-0.25, -0.2) is 0 Å². The third-order valence-corrected chi connectivity index (χ3v) is 4.88. The number of carbonyl (C=O) groups is 1. The summed E-state index contributed by atoms with van der Waals surface area (Å²) in [5.74, 6) is 0.639. The van der Waals surface area contributed by atoms with Gasteiger partial charge < -0.3 is 25.0 Å². The number of hydrogen-bond acceptors (Lipinski definition) is 4. The molecule has 1 aliphatic heterocycles. The number of nitrogens with one attached hydrogen (secondary N) is 2. The smallest absolute Gasteiger partial charge is 0.225 e. The first-order valence-corrected chi connectivity index (χ1v) is 9.33. The summed E-state index contributed by atoms with van der Waals surface area (Å²) in [6, 6.07) is 8.13. The average molecular weight is 380 g/mol. The van der Waals surface area contributed by atoms with Crippen LogP contribution in [0.25, 0.3) is 0 Å². The van der Waals surface area contributed by atoms with Crippen molar-refractivity contribution in [2.45, 2.75) is 25.8 Å². The second-order valence-corrected chi connectivity index (χ2v) is 7.13. The fraction of sp³-hybridized carbons (Fsp3) is 0.579. The number of nitrogens with zero attached hydrogens (tertiary/aromatic N) is 1. The number of hydrogen-bond donors (Lipinski definition) is 2. The van der Waals surface area contributed by atoms with E-state index in [0.29, 0.717) is 31.4 Å². The fourth-order valence-electron chi connectivity index (χ4n) is 3.27. The van der Waals surface area contributed by atoms with Crippen molar-refractivity contribution in [3.63, 3.8) is 0 Å². The van der Waals surface area contributed by atoms with E-state index in [0.717, 1.165) is 11.3 Å². The van der Waals surface area contributed by atoms with E-state index < -0.39 is 0 Å². The molecular weight excluding hydrogens is 350 g/mol. The third-order valence-electron chi connectivity index (χ3n) is 4.50.